The summed E-state index contributed by atoms with van der Waals surface area (Å²) in [5.74, 6) is -0.895. The Bertz CT molecular complexity index is 266. The van der Waals surface area contributed by atoms with Crippen LogP contribution in [0.1, 0.15) is 72.6 Å². The second-order valence-corrected chi connectivity index (χ2v) is 5.41. The first-order valence-corrected chi connectivity index (χ1v) is 7.87. The Morgan fingerprint density at radius 1 is 0.800 bits per heavy atom. The van der Waals surface area contributed by atoms with E-state index in [1.165, 1.54) is 0 Å². The van der Waals surface area contributed by atoms with E-state index in [9.17, 15) is 9.59 Å². The number of carbonyl (C=O) groups excluding carboxylic acids is 2. The Kier molecular flexibility index (Phi) is 10.1. The maximum Gasteiger partial charge on any atom is 0.323 e. The summed E-state index contributed by atoms with van der Waals surface area (Å²) in [7, 11) is 0. The van der Waals surface area contributed by atoms with Crippen molar-refractivity contribution in [2.24, 2.45) is 5.41 Å². The van der Waals surface area contributed by atoms with Crippen molar-refractivity contribution in [1.29, 1.82) is 0 Å². The van der Waals surface area contributed by atoms with E-state index >= 15 is 0 Å². The number of hydrogen-bond donors (Lipinski definition) is 0. The molecule has 20 heavy (non-hydrogen) atoms. The quantitative estimate of drug-likeness (QED) is 0.329. The summed E-state index contributed by atoms with van der Waals surface area (Å²) in [4.78, 5) is 24.3. The molecule has 4 nitrogen and oxygen atoms in total. The predicted octanol–water partition coefficient (Wildman–Crippen LogP) is 3.87. The third-order valence-corrected chi connectivity index (χ3v) is 3.31. The van der Waals surface area contributed by atoms with Crippen LogP contribution in [-0.4, -0.2) is 25.2 Å². The van der Waals surface area contributed by atoms with Gasteiger partial charge in [-0.2, -0.15) is 0 Å². The summed E-state index contributed by atoms with van der Waals surface area (Å²) in [6, 6.07) is 0. The van der Waals surface area contributed by atoms with Gasteiger partial charge < -0.3 is 9.47 Å². The highest BCUT2D eigenvalue weighted by atomic mass is 16.6. The van der Waals surface area contributed by atoms with E-state index in [4.69, 9.17) is 9.47 Å². The Morgan fingerprint density at radius 2 is 1.30 bits per heavy atom. The van der Waals surface area contributed by atoms with Crippen LogP contribution in [-0.2, 0) is 19.1 Å². The molecule has 0 fully saturated rings. The molecule has 0 aliphatic carbocycles. The zero-order chi connectivity index (χ0) is 15.4. The number of rotatable bonds is 11. The van der Waals surface area contributed by atoms with E-state index in [2.05, 4.69) is 6.92 Å². The van der Waals surface area contributed by atoms with Crippen LogP contribution in [0.5, 0.6) is 0 Å². The van der Waals surface area contributed by atoms with Gasteiger partial charge in [0.1, 0.15) is 0 Å². The first-order valence-electron chi connectivity index (χ1n) is 7.87. The molecule has 0 saturated heterocycles. The maximum absolute atomic E-state index is 12.2. The number of esters is 2. The van der Waals surface area contributed by atoms with Crippen LogP contribution < -0.4 is 0 Å². The SMILES string of the molecule is CCCCCCC(C)(C(=O)OCCC)C(=O)OCCC. The van der Waals surface area contributed by atoms with Crippen molar-refractivity contribution in [2.45, 2.75) is 72.6 Å². The van der Waals surface area contributed by atoms with Crippen LogP contribution in [0.15, 0.2) is 0 Å². The molecule has 0 aromatic rings. The maximum atomic E-state index is 12.2. The van der Waals surface area contributed by atoms with E-state index in [-0.39, 0.29) is 0 Å². The van der Waals surface area contributed by atoms with Crippen molar-refractivity contribution >= 4 is 11.9 Å². The summed E-state index contributed by atoms with van der Waals surface area (Å²) in [6.45, 7) is 8.34. The zero-order valence-electron chi connectivity index (χ0n) is 13.5. The van der Waals surface area contributed by atoms with Gasteiger partial charge in [-0.25, -0.2) is 0 Å². The molecule has 0 radical (unpaired) electrons. The van der Waals surface area contributed by atoms with Crippen molar-refractivity contribution in [3.8, 4) is 0 Å². The highest BCUT2D eigenvalue weighted by molar-refractivity contribution is 5.99. The Hall–Kier alpha value is -1.06. The van der Waals surface area contributed by atoms with Crippen LogP contribution in [0.4, 0.5) is 0 Å². The monoisotopic (exact) mass is 286 g/mol. The lowest BCUT2D eigenvalue weighted by Gasteiger charge is -2.25. The van der Waals surface area contributed by atoms with Gasteiger partial charge in [-0.3, -0.25) is 9.59 Å². The van der Waals surface area contributed by atoms with E-state index in [0.29, 0.717) is 19.6 Å². The van der Waals surface area contributed by atoms with Crippen molar-refractivity contribution in [1.82, 2.24) is 0 Å². The standard InChI is InChI=1S/C16H30O4/c1-5-8-9-10-11-16(4,14(17)19-12-6-2)15(18)20-13-7-3/h5-13H2,1-4H3. The van der Waals surface area contributed by atoms with E-state index in [0.717, 1.165) is 38.5 Å². The van der Waals surface area contributed by atoms with Crippen molar-refractivity contribution in [3.63, 3.8) is 0 Å². The molecule has 0 amide bonds. The predicted molar refractivity (Wildman–Crippen MR) is 79.4 cm³/mol. The average molecular weight is 286 g/mol. The fraction of sp³-hybridized carbons (Fsp3) is 0.875. The van der Waals surface area contributed by atoms with Crippen molar-refractivity contribution < 1.29 is 19.1 Å². The molecule has 0 atom stereocenters. The fourth-order valence-corrected chi connectivity index (χ4v) is 1.90. The summed E-state index contributed by atoms with van der Waals surface area (Å²) < 4.78 is 10.3. The summed E-state index contributed by atoms with van der Waals surface area (Å²) in [5.41, 5.74) is -1.15. The molecule has 0 rings (SSSR count). The van der Waals surface area contributed by atoms with E-state index in [1.54, 1.807) is 6.92 Å². The van der Waals surface area contributed by atoms with E-state index in [1.807, 2.05) is 13.8 Å². The molecule has 0 heterocycles. The molecule has 0 saturated carbocycles. The molecule has 0 aromatic heterocycles. The lowest BCUT2D eigenvalue weighted by Crippen LogP contribution is -2.39. The average Bonchev–Trinajstić information content (AvgIpc) is 2.46. The minimum absolute atomic E-state index is 0.352. The molecule has 0 unspecified atom stereocenters. The second kappa shape index (κ2) is 10.7. The first-order chi connectivity index (χ1) is 9.52. The minimum Gasteiger partial charge on any atom is -0.465 e. The van der Waals surface area contributed by atoms with Crippen LogP contribution >= 0.6 is 0 Å². The van der Waals surface area contributed by atoms with Gasteiger partial charge in [0, 0.05) is 0 Å². The topological polar surface area (TPSA) is 52.6 Å². The molecule has 0 aliphatic rings. The second-order valence-electron chi connectivity index (χ2n) is 5.41. The lowest BCUT2D eigenvalue weighted by molar-refractivity contribution is -0.172. The molecular weight excluding hydrogens is 256 g/mol. The van der Waals surface area contributed by atoms with Crippen molar-refractivity contribution in [2.75, 3.05) is 13.2 Å². The molecule has 4 heteroatoms. The third-order valence-electron chi connectivity index (χ3n) is 3.31. The highest BCUT2D eigenvalue weighted by Crippen LogP contribution is 2.28. The van der Waals surface area contributed by atoms with Gasteiger partial charge >= 0.3 is 11.9 Å². The highest BCUT2D eigenvalue weighted by Gasteiger charge is 2.43. The van der Waals surface area contributed by atoms with Crippen LogP contribution in [0.2, 0.25) is 0 Å². The summed E-state index contributed by atoms with van der Waals surface area (Å²) >= 11 is 0. The molecule has 118 valence electrons. The van der Waals surface area contributed by atoms with Gasteiger partial charge in [-0.1, -0.05) is 46.5 Å². The Morgan fingerprint density at radius 3 is 1.70 bits per heavy atom. The molecule has 0 N–H and O–H groups in total. The zero-order valence-corrected chi connectivity index (χ0v) is 13.5. The van der Waals surface area contributed by atoms with Gasteiger partial charge in [0.2, 0.25) is 0 Å². The van der Waals surface area contributed by atoms with Crippen LogP contribution in [0.3, 0.4) is 0 Å². The molecule has 0 spiro atoms. The van der Waals surface area contributed by atoms with E-state index < -0.39 is 17.4 Å². The number of carbonyl (C=O) groups is 2. The van der Waals surface area contributed by atoms with Gasteiger partial charge in [0.25, 0.3) is 0 Å². The summed E-state index contributed by atoms with van der Waals surface area (Å²) in [5, 5.41) is 0. The molecule has 0 aliphatic heterocycles. The van der Waals surface area contributed by atoms with Gasteiger partial charge in [-0.05, 0) is 26.2 Å². The fourth-order valence-electron chi connectivity index (χ4n) is 1.90. The smallest absolute Gasteiger partial charge is 0.323 e. The Labute approximate surface area is 123 Å². The molecule has 0 bridgehead atoms. The number of ether oxygens (including phenoxy) is 2. The Balaban J connectivity index is 4.64. The summed E-state index contributed by atoms with van der Waals surface area (Å²) in [6.07, 6.45) is 6.10. The lowest BCUT2D eigenvalue weighted by atomic mass is 9.84. The van der Waals surface area contributed by atoms with Gasteiger partial charge in [0.05, 0.1) is 13.2 Å². The molecular formula is C16H30O4. The van der Waals surface area contributed by atoms with Gasteiger partial charge in [0.15, 0.2) is 5.41 Å². The normalized spacial score (nSPS) is 11.2. The largest absolute Gasteiger partial charge is 0.465 e. The number of unbranched alkanes of at least 4 members (excludes halogenated alkanes) is 3. The van der Waals surface area contributed by atoms with Gasteiger partial charge in [-0.15, -0.1) is 0 Å². The van der Waals surface area contributed by atoms with Crippen LogP contribution in [0.25, 0.3) is 0 Å². The number of hydrogen-bond acceptors (Lipinski definition) is 4. The molecule has 0 aromatic carbocycles. The first kappa shape index (κ1) is 18.9. The third kappa shape index (κ3) is 6.40. The van der Waals surface area contributed by atoms with Crippen molar-refractivity contribution in [3.05, 3.63) is 0 Å². The minimum atomic E-state index is -1.15. The van der Waals surface area contributed by atoms with Crippen LogP contribution in [0, 0.1) is 5.41 Å².